The number of carbonyl (C=O) groups is 2. The predicted octanol–water partition coefficient (Wildman–Crippen LogP) is -0.970. The summed E-state index contributed by atoms with van der Waals surface area (Å²) in [5.74, 6) is 0.325. The molecule has 0 fully saturated rings. The molecule has 0 saturated carbocycles. The molecule has 0 aromatic carbocycles. The molecule has 0 radical (unpaired) electrons. The third-order valence-electron chi connectivity index (χ3n) is 2.18. The SMILES string of the molecule is C[NH+](C)CCSC(=O)CC(=O)OCC[N+](C)(C)C. The van der Waals surface area contributed by atoms with E-state index in [0.29, 0.717) is 6.61 Å². The zero-order valence-electron chi connectivity index (χ0n) is 12.1. The van der Waals surface area contributed by atoms with Gasteiger partial charge in [-0.15, -0.1) is 0 Å². The van der Waals surface area contributed by atoms with Crippen molar-refractivity contribution < 1.29 is 23.7 Å². The highest BCUT2D eigenvalue weighted by Gasteiger charge is 2.13. The number of esters is 1. The first-order valence-electron chi connectivity index (χ1n) is 6.11. The van der Waals surface area contributed by atoms with Gasteiger partial charge in [0.25, 0.3) is 0 Å². The molecule has 0 aromatic rings. The zero-order chi connectivity index (χ0) is 14.2. The van der Waals surface area contributed by atoms with Gasteiger partial charge in [-0.2, -0.15) is 0 Å². The number of rotatable bonds is 8. The second-order valence-electron chi connectivity index (χ2n) is 5.59. The smallest absolute Gasteiger partial charge is 0.314 e. The van der Waals surface area contributed by atoms with Crippen molar-refractivity contribution in [3.05, 3.63) is 0 Å². The van der Waals surface area contributed by atoms with Gasteiger partial charge < -0.3 is 14.1 Å². The number of quaternary nitrogens is 2. The highest BCUT2D eigenvalue weighted by molar-refractivity contribution is 8.13. The van der Waals surface area contributed by atoms with E-state index in [2.05, 4.69) is 0 Å². The van der Waals surface area contributed by atoms with E-state index in [1.165, 1.54) is 16.7 Å². The molecule has 0 unspecified atom stereocenters. The predicted molar refractivity (Wildman–Crippen MR) is 73.6 cm³/mol. The van der Waals surface area contributed by atoms with Crippen LogP contribution in [0.1, 0.15) is 6.42 Å². The molecule has 5 nitrogen and oxygen atoms in total. The Bertz CT molecular complexity index is 275. The summed E-state index contributed by atoms with van der Waals surface area (Å²) >= 11 is 1.21. The third kappa shape index (κ3) is 11.9. The van der Waals surface area contributed by atoms with E-state index in [9.17, 15) is 9.59 Å². The number of ether oxygens (including phenoxy) is 1. The van der Waals surface area contributed by atoms with Crippen LogP contribution < -0.4 is 4.90 Å². The first-order valence-corrected chi connectivity index (χ1v) is 7.10. The van der Waals surface area contributed by atoms with E-state index in [1.807, 2.05) is 35.2 Å². The molecule has 1 N–H and O–H groups in total. The van der Waals surface area contributed by atoms with E-state index in [1.54, 1.807) is 0 Å². The maximum Gasteiger partial charge on any atom is 0.314 e. The van der Waals surface area contributed by atoms with E-state index >= 15 is 0 Å². The Kier molecular flexibility index (Phi) is 8.22. The Morgan fingerprint density at radius 3 is 2.33 bits per heavy atom. The molecule has 0 aliphatic carbocycles. The minimum Gasteiger partial charge on any atom is -0.459 e. The Morgan fingerprint density at radius 1 is 1.22 bits per heavy atom. The highest BCUT2D eigenvalue weighted by Crippen LogP contribution is 2.05. The van der Waals surface area contributed by atoms with Crippen molar-refractivity contribution >= 4 is 22.8 Å². The lowest BCUT2D eigenvalue weighted by molar-refractivity contribution is -0.870. The second kappa shape index (κ2) is 8.50. The summed E-state index contributed by atoms with van der Waals surface area (Å²) < 4.78 is 5.76. The van der Waals surface area contributed by atoms with Crippen LogP contribution in [0.2, 0.25) is 0 Å². The Labute approximate surface area is 114 Å². The normalized spacial score (nSPS) is 11.7. The van der Waals surface area contributed by atoms with Gasteiger partial charge in [0, 0.05) is 0 Å². The number of hydrogen-bond acceptors (Lipinski definition) is 4. The van der Waals surface area contributed by atoms with Gasteiger partial charge in [-0.3, -0.25) is 9.59 Å². The van der Waals surface area contributed by atoms with Gasteiger partial charge in [-0.1, -0.05) is 11.8 Å². The molecule has 0 rings (SSSR count). The summed E-state index contributed by atoms with van der Waals surface area (Å²) in [6, 6.07) is 0. The average Bonchev–Trinajstić information content (AvgIpc) is 2.14. The van der Waals surface area contributed by atoms with Crippen molar-refractivity contribution in [1.82, 2.24) is 0 Å². The van der Waals surface area contributed by atoms with Crippen molar-refractivity contribution in [2.24, 2.45) is 0 Å². The maximum atomic E-state index is 11.4. The number of hydrogen-bond donors (Lipinski definition) is 1. The van der Waals surface area contributed by atoms with Crippen LogP contribution in [0.3, 0.4) is 0 Å². The lowest BCUT2D eigenvalue weighted by Crippen LogP contribution is -3.06. The molecule has 0 spiro atoms. The zero-order valence-corrected chi connectivity index (χ0v) is 12.9. The molecule has 0 bridgehead atoms. The van der Waals surface area contributed by atoms with Crippen LogP contribution in [0, 0.1) is 0 Å². The Hall–Kier alpha value is -0.590. The minimum absolute atomic E-state index is 0.105. The molecule has 6 heteroatoms. The van der Waals surface area contributed by atoms with Crippen molar-refractivity contribution in [2.45, 2.75) is 6.42 Å². The van der Waals surface area contributed by atoms with Gasteiger partial charge in [-0.05, 0) is 0 Å². The summed E-state index contributed by atoms with van der Waals surface area (Å²) in [7, 11) is 10.1. The van der Waals surface area contributed by atoms with Gasteiger partial charge in [0.2, 0.25) is 0 Å². The lowest BCUT2D eigenvalue weighted by Gasteiger charge is -2.23. The highest BCUT2D eigenvalue weighted by atomic mass is 32.2. The number of nitrogens with one attached hydrogen (secondary N) is 1. The van der Waals surface area contributed by atoms with Gasteiger partial charge in [0.1, 0.15) is 19.6 Å². The van der Waals surface area contributed by atoms with Crippen LogP contribution in [0.15, 0.2) is 0 Å². The van der Waals surface area contributed by atoms with Crippen LogP contribution >= 0.6 is 11.8 Å². The number of nitrogens with zero attached hydrogens (tertiary/aromatic N) is 1. The van der Waals surface area contributed by atoms with Crippen molar-refractivity contribution in [1.29, 1.82) is 0 Å². The summed E-state index contributed by atoms with van der Waals surface area (Å²) in [6.07, 6.45) is -0.120. The topological polar surface area (TPSA) is 47.8 Å². The van der Waals surface area contributed by atoms with Gasteiger partial charge in [-0.25, -0.2) is 0 Å². The maximum absolute atomic E-state index is 11.4. The molecule has 0 heterocycles. The van der Waals surface area contributed by atoms with Crippen molar-refractivity contribution in [3.63, 3.8) is 0 Å². The fourth-order valence-electron chi connectivity index (χ4n) is 1.02. The Balaban J connectivity index is 3.65. The number of thioether (sulfide) groups is 1. The van der Waals surface area contributed by atoms with Crippen molar-refractivity contribution in [3.8, 4) is 0 Å². The fourth-order valence-corrected chi connectivity index (χ4v) is 1.98. The molecule has 0 aromatic heterocycles. The molecule has 0 saturated heterocycles. The van der Waals surface area contributed by atoms with Crippen LogP contribution in [0.25, 0.3) is 0 Å². The molecular weight excluding hydrogens is 252 g/mol. The van der Waals surface area contributed by atoms with Crippen LogP contribution in [-0.4, -0.2) is 76.3 Å². The van der Waals surface area contributed by atoms with Crippen LogP contribution in [-0.2, 0) is 14.3 Å². The molecule has 0 atom stereocenters. The quantitative estimate of drug-likeness (QED) is 0.353. The monoisotopic (exact) mass is 278 g/mol. The largest absolute Gasteiger partial charge is 0.459 e. The molecular formula is C12H26N2O3S+2. The first-order chi connectivity index (χ1) is 8.20. The van der Waals surface area contributed by atoms with Crippen LogP contribution in [0.4, 0.5) is 0 Å². The van der Waals surface area contributed by atoms with E-state index in [0.717, 1.165) is 23.3 Å². The molecule has 0 aliphatic rings. The standard InChI is InChI=1S/C12H25N2O3S/c1-13(2)6-9-18-12(16)10-11(15)17-8-7-14(3,4)5/h6-10H2,1-5H3/q+1/p+1. The summed E-state index contributed by atoms with van der Waals surface area (Å²) in [5, 5.41) is -0.105. The van der Waals surface area contributed by atoms with E-state index in [4.69, 9.17) is 4.74 Å². The average molecular weight is 278 g/mol. The van der Waals surface area contributed by atoms with Gasteiger partial charge >= 0.3 is 5.97 Å². The minimum atomic E-state index is -0.418. The number of likely N-dealkylation sites (N-methyl/N-ethyl adjacent to an activating group) is 1. The molecule has 18 heavy (non-hydrogen) atoms. The summed E-state index contributed by atoms with van der Waals surface area (Å²) in [4.78, 5) is 24.1. The molecule has 0 aliphatic heterocycles. The first kappa shape index (κ1) is 17.4. The fraction of sp³-hybridized carbons (Fsp3) is 0.833. The Morgan fingerprint density at radius 2 is 1.83 bits per heavy atom. The lowest BCUT2D eigenvalue weighted by atomic mass is 10.5. The molecule has 0 amide bonds. The summed E-state index contributed by atoms with van der Waals surface area (Å²) in [6.45, 7) is 2.02. The van der Waals surface area contributed by atoms with E-state index in [-0.39, 0.29) is 11.5 Å². The van der Waals surface area contributed by atoms with Gasteiger partial charge in [0.15, 0.2) is 5.12 Å². The van der Waals surface area contributed by atoms with Crippen LogP contribution in [0.5, 0.6) is 0 Å². The number of carbonyl (C=O) groups excluding carboxylic acids is 2. The summed E-state index contributed by atoms with van der Waals surface area (Å²) in [5.41, 5.74) is 0. The third-order valence-corrected chi connectivity index (χ3v) is 3.05. The van der Waals surface area contributed by atoms with E-state index < -0.39 is 5.97 Å². The second-order valence-corrected chi connectivity index (χ2v) is 6.74. The van der Waals surface area contributed by atoms with Crippen molar-refractivity contribution in [2.75, 3.05) is 60.7 Å². The molecule has 106 valence electrons. The van der Waals surface area contributed by atoms with Gasteiger partial charge in [0.05, 0.1) is 47.5 Å².